The van der Waals surface area contributed by atoms with Crippen molar-refractivity contribution in [1.29, 1.82) is 0 Å². The summed E-state index contributed by atoms with van der Waals surface area (Å²) in [4.78, 5) is 30.3. The van der Waals surface area contributed by atoms with Crippen LogP contribution in [-0.2, 0) is 0 Å². The van der Waals surface area contributed by atoms with Crippen molar-refractivity contribution >= 4 is 17.1 Å². The lowest BCUT2D eigenvalue weighted by Gasteiger charge is -2.10. The van der Waals surface area contributed by atoms with Crippen molar-refractivity contribution in [1.82, 2.24) is 0 Å². The normalized spacial score (nSPS) is 10.0. The maximum absolute atomic E-state index is 11.1. The maximum Gasteiger partial charge on any atom is 0.318 e. The monoisotopic (exact) mass is 335 g/mol. The largest absolute Gasteiger partial charge is 0.493 e. The van der Waals surface area contributed by atoms with E-state index in [4.69, 9.17) is 9.47 Å². The molecule has 2 aromatic carbocycles. The van der Waals surface area contributed by atoms with E-state index in [1.807, 2.05) is 0 Å². The lowest BCUT2D eigenvalue weighted by molar-refractivity contribution is -0.394. The molecule has 0 amide bonds. The summed E-state index contributed by atoms with van der Waals surface area (Å²) in [7, 11) is 1.29. The van der Waals surface area contributed by atoms with Crippen molar-refractivity contribution in [2.75, 3.05) is 7.11 Å². The van der Waals surface area contributed by atoms with Gasteiger partial charge in [0.15, 0.2) is 11.5 Å². The van der Waals surface area contributed by atoms with Gasteiger partial charge in [-0.3, -0.25) is 30.3 Å². The summed E-state index contributed by atoms with van der Waals surface area (Å²) in [6.45, 7) is 0. The van der Waals surface area contributed by atoms with Crippen molar-refractivity contribution in [3.63, 3.8) is 0 Å². The minimum Gasteiger partial charge on any atom is -0.493 e. The minimum atomic E-state index is -0.855. The van der Waals surface area contributed by atoms with E-state index in [1.165, 1.54) is 19.2 Å². The van der Waals surface area contributed by atoms with E-state index in [1.54, 1.807) is 0 Å². The van der Waals surface area contributed by atoms with Gasteiger partial charge in [-0.25, -0.2) is 0 Å². The number of nitro groups is 3. The van der Waals surface area contributed by atoms with Crippen LogP contribution in [0.4, 0.5) is 17.1 Å². The Morgan fingerprint density at radius 1 is 0.750 bits per heavy atom. The highest BCUT2D eigenvalue weighted by atomic mass is 16.6. The van der Waals surface area contributed by atoms with Crippen LogP contribution in [-0.4, -0.2) is 21.9 Å². The third-order valence-corrected chi connectivity index (χ3v) is 2.93. The highest BCUT2D eigenvalue weighted by Crippen LogP contribution is 2.39. The summed E-state index contributed by atoms with van der Waals surface area (Å²) in [5.41, 5.74) is -1.45. The Morgan fingerprint density at radius 2 is 1.29 bits per heavy atom. The molecule has 0 saturated carbocycles. The molecule has 124 valence electrons. The van der Waals surface area contributed by atoms with Crippen molar-refractivity contribution in [3.05, 3.63) is 66.7 Å². The van der Waals surface area contributed by atoms with Crippen LogP contribution in [0.15, 0.2) is 36.4 Å². The quantitative estimate of drug-likeness (QED) is 0.577. The van der Waals surface area contributed by atoms with Gasteiger partial charge < -0.3 is 9.47 Å². The first-order chi connectivity index (χ1) is 11.3. The van der Waals surface area contributed by atoms with Gasteiger partial charge in [-0.05, 0) is 12.1 Å². The lowest BCUT2D eigenvalue weighted by atomic mass is 10.2. The zero-order chi connectivity index (χ0) is 17.9. The lowest BCUT2D eigenvalue weighted by Crippen LogP contribution is -1.98. The summed E-state index contributed by atoms with van der Waals surface area (Å²) in [6, 6.07) is 6.27. The van der Waals surface area contributed by atoms with Gasteiger partial charge in [0.2, 0.25) is 5.75 Å². The van der Waals surface area contributed by atoms with Crippen molar-refractivity contribution in [3.8, 4) is 17.2 Å². The van der Waals surface area contributed by atoms with Gasteiger partial charge in [0, 0.05) is 12.1 Å². The van der Waals surface area contributed by atoms with Gasteiger partial charge in [0.25, 0.3) is 11.4 Å². The summed E-state index contributed by atoms with van der Waals surface area (Å²) in [5.74, 6) is -0.346. The number of rotatable bonds is 6. The van der Waals surface area contributed by atoms with Gasteiger partial charge >= 0.3 is 5.69 Å². The molecule has 0 N–H and O–H groups in total. The first kappa shape index (κ1) is 16.6. The van der Waals surface area contributed by atoms with E-state index in [9.17, 15) is 30.3 Å². The minimum absolute atomic E-state index is 0.105. The topological polar surface area (TPSA) is 148 Å². The molecule has 0 heterocycles. The molecule has 0 fully saturated rings. The van der Waals surface area contributed by atoms with E-state index >= 15 is 0 Å². The van der Waals surface area contributed by atoms with Crippen LogP contribution >= 0.6 is 0 Å². The van der Waals surface area contributed by atoms with Crippen LogP contribution in [0.2, 0.25) is 0 Å². The molecule has 0 aromatic heterocycles. The average Bonchev–Trinajstić information content (AvgIpc) is 2.54. The Hall–Kier alpha value is -3.76. The average molecular weight is 335 g/mol. The molecule has 2 aromatic rings. The van der Waals surface area contributed by atoms with Gasteiger partial charge in [0.1, 0.15) is 0 Å². The zero-order valence-corrected chi connectivity index (χ0v) is 12.1. The smallest absolute Gasteiger partial charge is 0.318 e. The molecule has 2 rings (SSSR count). The van der Waals surface area contributed by atoms with Gasteiger partial charge in [-0.15, -0.1) is 0 Å². The number of nitro benzene ring substituents is 3. The molecule has 0 unspecified atom stereocenters. The molecule has 0 radical (unpaired) electrons. The molecule has 24 heavy (non-hydrogen) atoms. The van der Waals surface area contributed by atoms with E-state index in [0.717, 1.165) is 24.3 Å². The molecule has 0 aliphatic rings. The van der Waals surface area contributed by atoms with Gasteiger partial charge in [-0.2, -0.15) is 0 Å². The molecular weight excluding hydrogens is 326 g/mol. The summed E-state index contributed by atoms with van der Waals surface area (Å²) < 4.78 is 10.3. The van der Waals surface area contributed by atoms with Crippen LogP contribution in [0.3, 0.4) is 0 Å². The fourth-order valence-corrected chi connectivity index (χ4v) is 1.83. The standard InChI is InChI=1S/C13H9N3O8/c1-23-12-5-3-9(15(19)20)7-13(12)24-11-4-2-8(14(17)18)6-10(11)16(21)22/h2-7H,1H3. The number of ether oxygens (including phenoxy) is 2. The van der Waals surface area contributed by atoms with Crippen LogP contribution in [0.1, 0.15) is 0 Å². The second-order valence-corrected chi connectivity index (χ2v) is 4.36. The first-order valence-electron chi connectivity index (χ1n) is 6.26. The van der Waals surface area contributed by atoms with E-state index in [-0.39, 0.29) is 22.9 Å². The Bertz CT molecular complexity index is 836. The molecular formula is C13H9N3O8. The number of benzene rings is 2. The summed E-state index contributed by atoms with van der Waals surface area (Å²) >= 11 is 0. The summed E-state index contributed by atoms with van der Waals surface area (Å²) in [6.07, 6.45) is 0. The molecule has 0 bridgehead atoms. The highest BCUT2D eigenvalue weighted by molar-refractivity contribution is 5.57. The number of hydrogen-bond donors (Lipinski definition) is 0. The number of non-ortho nitro benzene ring substituents is 2. The first-order valence-corrected chi connectivity index (χ1v) is 6.26. The van der Waals surface area contributed by atoms with Crippen molar-refractivity contribution in [2.24, 2.45) is 0 Å². The molecule has 0 aliphatic heterocycles. The van der Waals surface area contributed by atoms with E-state index in [0.29, 0.717) is 0 Å². The zero-order valence-electron chi connectivity index (χ0n) is 12.1. The van der Waals surface area contributed by atoms with Crippen LogP contribution < -0.4 is 9.47 Å². The predicted molar refractivity (Wildman–Crippen MR) is 79.5 cm³/mol. The molecule has 0 atom stereocenters. The van der Waals surface area contributed by atoms with E-state index < -0.39 is 26.1 Å². The summed E-state index contributed by atoms with van der Waals surface area (Å²) in [5, 5.41) is 32.6. The van der Waals surface area contributed by atoms with Crippen molar-refractivity contribution < 1.29 is 24.2 Å². The second-order valence-electron chi connectivity index (χ2n) is 4.36. The Balaban J connectivity index is 2.51. The number of hydrogen-bond acceptors (Lipinski definition) is 8. The molecule has 0 saturated heterocycles. The highest BCUT2D eigenvalue weighted by Gasteiger charge is 2.23. The Labute approximate surface area is 133 Å². The van der Waals surface area contributed by atoms with Gasteiger partial charge in [0.05, 0.1) is 34.0 Å². The predicted octanol–water partition coefficient (Wildman–Crippen LogP) is 3.21. The fourth-order valence-electron chi connectivity index (χ4n) is 1.83. The SMILES string of the molecule is COc1ccc([N+](=O)[O-])cc1Oc1ccc([N+](=O)[O-])cc1[N+](=O)[O-]. The molecule has 0 spiro atoms. The number of nitrogens with zero attached hydrogens (tertiary/aromatic N) is 3. The molecule has 0 aliphatic carbocycles. The third kappa shape index (κ3) is 3.35. The second kappa shape index (κ2) is 6.56. The van der Waals surface area contributed by atoms with Crippen LogP contribution in [0, 0.1) is 30.3 Å². The van der Waals surface area contributed by atoms with E-state index in [2.05, 4.69) is 0 Å². The van der Waals surface area contributed by atoms with Crippen LogP contribution in [0.5, 0.6) is 17.2 Å². The molecule has 11 heteroatoms. The Kier molecular flexibility index (Phi) is 4.54. The number of methoxy groups -OCH3 is 1. The van der Waals surface area contributed by atoms with Crippen LogP contribution in [0.25, 0.3) is 0 Å². The molecule has 11 nitrogen and oxygen atoms in total. The fraction of sp³-hybridized carbons (Fsp3) is 0.0769. The van der Waals surface area contributed by atoms with Crippen molar-refractivity contribution in [2.45, 2.75) is 0 Å². The third-order valence-electron chi connectivity index (χ3n) is 2.93. The maximum atomic E-state index is 11.1. The van der Waals surface area contributed by atoms with Gasteiger partial charge in [-0.1, -0.05) is 0 Å². The Morgan fingerprint density at radius 3 is 1.79 bits per heavy atom.